The molecule has 1 heterocycles. The highest BCUT2D eigenvalue weighted by Crippen LogP contribution is 2.34. The predicted octanol–water partition coefficient (Wildman–Crippen LogP) is 3.82. The second-order valence-corrected chi connectivity index (χ2v) is 7.02. The Morgan fingerprint density at radius 3 is 2.48 bits per heavy atom. The third-order valence-corrected chi connectivity index (χ3v) is 4.80. The first-order chi connectivity index (χ1) is 12.9. The van der Waals surface area contributed by atoms with Gasteiger partial charge in [-0.3, -0.25) is 0 Å². The maximum atomic E-state index is 12.4. The Morgan fingerprint density at radius 2 is 1.93 bits per heavy atom. The Morgan fingerprint density at radius 1 is 1.26 bits per heavy atom. The van der Waals surface area contributed by atoms with Crippen LogP contribution in [0.4, 0.5) is 10.5 Å². The van der Waals surface area contributed by atoms with E-state index in [2.05, 4.69) is 10.6 Å². The number of urea groups is 1. The summed E-state index contributed by atoms with van der Waals surface area (Å²) >= 11 is 18.2. The van der Waals surface area contributed by atoms with Crippen LogP contribution in [-0.4, -0.2) is 43.5 Å². The number of esters is 1. The molecule has 0 aliphatic carbocycles. The van der Waals surface area contributed by atoms with Gasteiger partial charge < -0.3 is 20.3 Å². The van der Waals surface area contributed by atoms with Gasteiger partial charge in [0, 0.05) is 41.3 Å². The number of ether oxygens (including phenoxy) is 1. The fourth-order valence-electron chi connectivity index (χ4n) is 2.93. The lowest BCUT2D eigenvalue weighted by Crippen LogP contribution is -2.45. The van der Waals surface area contributed by atoms with Crippen LogP contribution >= 0.6 is 34.8 Å². The third-order valence-electron chi connectivity index (χ3n) is 4.13. The van der Waals surface area contributed by atoms with Gasteiger partial charge in [-0.15, -0.1) is 23.2 Å². The number of nitrogens with one attached hydrogen (secondary N) is 2. The molecule has 0 aromatic heterocycles. The molecule has 2 N–H and O–H groups in total. The standard InChI is InChI=1S/C18H22Cl3N3O3/c1-3-27-17(25)15-11(2)22-18(26)23-16(15)13-5-4-12(10-14(13)21)24(8-6-19)9-7-20/h4-5,10,16H,3,6-9H2,1-2H3,(H2,22,23,26). The van der Waals surface area contributed by atoms with Crippen molar-refractivity contribution in [2.24, 2.45) is 0 Å². The fourth-order valence-corrected chi connectivity index (χ4v) is 3.62. The van der Waals surface area contributed by atoms with Crippen molar-refractivity contribution < 1.29 is 14.3 Å². The zero-order chi connectivity index (χ0) is 20.0. The highest BCUT2D eigenvalue weighted by atomic mass is 35.5. The van der Waals surface area contributed by atoms with Crippen molar-refractivity contribution >= 4 is 52.5 Å². The van der Waals surface area contributed by atoms with Crippen LogP contribution in [0, 0.1) is 0 Å². The van der Waals surface area contributed by atoms with Gasteiger partial charge in [-0.1, -0.05) is 17.7 Å². The smallest absolute Gasteiger partial charge is 0.338 e. The molecule has 1 aromatic rings. The van der Waals surface area contributed by atoms with Crippen molar-refractivity contribution in [1.29, 1.82) is 0 Å². The molecule has 0 saturated carbocycles. The zero-order valence-corrected chi connectivity index (χ0v) is 17.4. The molecule has 27 heavy (non-hydrogen) atoms. The summed E-state index contributed by atoms with van der Waals surface area (Å²) in [6.07, 6.45) is 0. The predicted molar refractivity (Wildman–Crippen MR) is 109 cm³/mol. The number of alkyl halides is 2. The fraction of sp³-hybridized carbons (Fsp3) is 0.444. The second kappa shape index (κ2) is 10.1. The molecule has 1 unspecified atom stereocenters. The number of halogens is 3. The van der Waals surface area contributed by atoms with Gasteiger partial charge in [0.2, 0.25) is 0 Å². The van der Waals surface area contributed by atoms with Crippen LogP contribution in [0.15, 0.2) is 29.5 Å². The van der Waals surface area contributed by atoms with Crippen LogP contribution in [-0.2, 0) is 9.53 Å². The Bertz CT molecular complexity index is 734. The first-order valence-corrected chi connectivity index (χ1v) is 9.99. The van der Waals surface area contributed by atoms with E-state index in [0.29, 0.717) is 46.7 Å². The number of hydrogen-bond acceptors (Lipinski definition) is 4. The van der Waals surface area contributed by atoms with Crippen molar-refractivity contribution in [1.82, 2.24) is 10.6 Å². The Labute approximate surface area is 173 Å². The number of carbonyl (C=O) groups excluding carboxylic acids is 2. The van der Waals surface area contributed by atoms with Gasteiger partial charge in [-0.2, -0.15) is 0 Å². The summed E-state index contributed by atoms with van der Waals surface area (Å²) in [6.45, 7) is 4.86. The number of nitrogens with zero attached hydrogens (tertiary/aromatic N) is 1. The van der Waals surface area contributed by atoms with E-state index in [1.807, 2.05) is 11.0 Å². The molecule has 0 bridgehead atoms. The summed E-state index contributed by atoms with van der Waals surface area (Å²) in [5.74, 6) is 0.406. The highest BCUT2D eigenvalue weighted by molar-refractivity contribution is 6.31. The number of anilines is 1. The molecule has 0 fully saturated rings. The van der Waals surface area contributed by atoms with Crippen molar-refractivity contribution in [3.05, 3.63) is 40.1 Å². The molecular weight excluding hydrogens is 413 g/mol. The second-order valence-electron chi connectivity index (χ2n) is 5.86. The van der Waals surface area contributed by atoms with E-state index in [4.69, 9.17) is 39.5 Å². The maximum Gasteiger partial charge on any atom is 0.338 e. The van der Waals surface area contributed by atoms with Crippen LogP contribution in [0.1, 0.15) is 25.5 Å². The SMILES string of the molecule is CCOC(=O)C1=C(C)NC(=O)NC1c1ccc(N(CCCl)CCCl)cc1Cl. The molecule has 6 nitrogen and oxygen atoms in total. The molecule has 148 valence electrons. The summed E-state index contributed by atoms with van der Waals surface area (Å²) in [6, 6.07) is 4.33. The number of carbonyl (C=O) groups is 2. The van der Waals surface area contributed by atoms with Crippen LogP contribution in [0.5, 0.6) is 0 Å². The summed E-state index contributed by atoms with van der Waals surface area (Å²) in [5, 5.41) is 5.76. The normalized spacial score (nSPS) is 16.6. The van der Waals surface area contributed by atoms with Crippen molar-refractivity contribution in [2.45, 2.75) is 19.9 Å². The van der Waals surface area contributed by atoms with E-state index >= 15 is 0 Å². The molecule has 2 amide bonds. The van der Waals surface area contributed by atoms with E-state index in [9.17, 15) is 9.59 Å². The molecule has 0 saturated heterocycles. The molecule has 1 aliphatic rings. The topological polar surface area (TPSA) is 70.7 Å². The number of amides is 2. The van der Waals surface area contributed by atoms with Crippen molar-refractivity contribution in [2.75, 3.05) is 36.4 Å². The number of rotatable bonds is 8. The van der Waals surface area contributed by atoms with Gasteiger partial charge in [-0.25, -0.2) is 9.59 Å². The van der Waals surface area contributed by atoms with Crippen molar-refractivity contribution in [3.63, 3.8) is 0 Å². The minimum absolute atomic E-state index is 0.231. The van der Waals surface area contributed by atoms with E-state index in [1.54, 1.807) is 26.0 Å². The first kappa shape index (κ1) is 21.7. The Kier molecular flexibility index (Phi) is 8.07. The summed E-state index contributed by atoms with van der Waals surface area (Å²) < 4.78 is 5.14. The van der Waals surface area contributed by atoms with Crippen molar-refractivity contribution in [3.8, 4) is 0 Å². The summed E-state index contributed by atoms with van der Waals surface area (Å²) in [5.41, 5.74) is 2.23. The third kappa shape index (κ3) is 5.21. The number of hydrogen-bond donors (Lipinski definition) is 2. The number of benzene rings is 1. The summed E-state index contributed by atoms with van der Waals surface area (Å²) in [7, 11) is 0. The number of allylic oxidation sites excluding steroid dienone is 1. The Balaban J connectivity index is 2.41. The largest absolute Gasteiger partial charge is 0.463 e. The van der Waals surface area contributed by atoms with E-state index in [1.165, 1.54) is 0 Å². The van der Waals surface area contributed by atoms with Gasteiger partial charge in [0.15, 0.2) is 0 Å². The van der Waals surface area contributed by atoms with E-state index < -0.39 is 18.0 Å². The van der Waals surface area contributed by atoms with Gasteiger partial charge >= 0.3 is 12.0 Å². The van der Waals surface area contributed by atoms with Crippen LogP contribution < -0.4 is 15.5 Å². The first-order valence-electron chi connectivity index (χ1n) is 8.54. The highest BCUT2D eigenvalue weighted by Gasteiger charge is 2.33. The maximum absolute atomic E-state index is 12.4. The quantitative estimate of drug-likeness (QED) is 0.482. The molecular formula is C18H22Cl3N3O3. The molecule has 0 radical (unpaired) electrons. The molecule has 0 spiro atoms. The molecule has 1 atom stereocenters. The minimum Gasteiger partial charge on any atom is -0.463 e. The molecule has 1 aromatic carbocycles. The molecule has 1 aliphatic heterocycles. The van der Waals surface area contributed by atoms with E-state index in [-0.39, 0.29) is 6.61 Å². The zero-order valence-electron chi connectivity index (χ0n) is 15.2. The lowest BCUT2D eigenvalue weighted by molar-refractivity contribution is -0.139. The van der Waals surface area contributed by atoms with Gasteiger partial charge in [0.25, 0.3) is 0 Å². The lowest BCUT2D eigenvalue weighted by atomic mass is 9.95. The lowest BCUT2D eigenvalue weighted by Gasteiger charge is -2.29. The molecule has 9 heteroatoms. The van der Waals surface area contributed by atoms with Gasteiger partial charge in [0.05, 0.1) is 18.2 Å². The average molecular weight is 435 g/mol. The van der Waals surface area contributed by atoms with Gasteiger partial charge in [0.1, 0.15) is 0 Å². The van der Waals surface area contributed by atoms with Crippen LogP contribution in [0.25, 0.3) is 0 Å². The average Bonchev–Trinajstić information content (AvgIpc) is 2.61. The van der Waals surface area contributed by atoms with E-state index in [0.717, 1.165) is 5.69 Å². The Hall–Kier alpha value is -1.63. The van der Waals surface area contributed by atoms with Crippen LogP contribution in [0.2, 0.25) is 5.02 Å². The minimum atomic E-state index is -0.700. The monoisotopic (exact) mass is 433 g/mol. The van der Waals surface area contributed by atoms with Crippen LogP contribution in [0.3, 0.4) is 0 Å². The summed E-state index contributed by atoms with van der Waals surface area (Å²) in [4.78, 5) is 26.4. The molecule has 2 rings (SSSR count). The van der Waals surface area contributed by atoms with Gasteiger partial charge in [-0.05, 0) is 31.5 Å².